The molecule has 0 aliphatic heterocycles. The predicted molar refractivity (Wildman–Crippen MR) is 186 cm³/mol. The summed E-state index contributed by atoms with van der Waals surface area (Å²) in [6.07, 6.45) is 0. The molecule has 0 bridgehead atoms. The topological polar surface area (TPSA) is 9.86 Å². The molecule has 2 nitrogen and oxygen atoms in total. The first-order valence-electron chi connectivity index (χ1n) is 15.1. The van der Waals surface area contributed by atoms with Crippen molar-refractivity contribution in [3.05, 3.63) is 170 Å². The number of nitrogens with zero attached hydrogens (tertiary/aromatic N) is 2. The third-order valence-electron chi connectivity index (χ3n) is 8.93. The minimum atomic E-state index is 1.17. The molecule has 0 atom stereocenters. The summed E-state index contributed by atoms with van der Waals surface area (Å²) in [5, 5.41) is 5.07. The Balaban J connectivity index is 1.26. The third kappa shape index (κ3) is 3.68. The van der Waals surface area contributed by atoms with Gasteiger partial charge in [0.05, 0.1) is 22.1 Å². The Morgan fingerprint density at radius 3 is 1.07 bits per heavy atom. The van der Waals surface area contributed by atoms with Crippen LogP contribution in [0.15, 0.2) is 170 Å². The number of para-hydroxylation sites is 6. The van der Waals surface area contributed by atoms with Crippen LogP contribution < -0.4 is 0 Å². The third-order valence-corrected chi connectivity index (χ3v) is 8.93. The van der Waals surface area contributed by atoms with Crippen molar-refractivity contribution < 1.29 is 0 Å². The molecule has 7 aromatic carbocycles. The molecule has 0 N–H and O–H groups in total. The fourth-order valence-electron chi connectivity index (χ4n) is 7.02. The van der Waals surface area contributed by atoms with Crippen molar-refractivity contribution in [1.82, 2.24) is 9.13 Å². The Bertz CT molecular complexity index is 2290. The number of hydrogen-bond donors (Lipinski definition) is 0. The maximum absolute atomic E-state index is 2.41. The zero-order valence-corrected chi connectivity index (χ0v) is 24.1. The predicted octanol–water partition coefficient (Wildman–Crippen LogP) is 11.2. The van der Waals surface area contributed by atoms with Crippen LogP contribution in [0.5, 0.6) is 0 Å². The molecule has 0 amide bonds. The Morgan fingerprint density at radius 1 is 0.273 bits per heavy atom. The van der Waals surface area contributed by atoms with Crippen molar-refractivity contribution in [2.45, 2.75) is 0 Å². The van der Waals surface area contributed by atoms with Gasteiger partial charge in [0.2, 0.25) is 0 Å². The standard InChI is InChI=1S/C42H28N2/c1-3-13-31(14-4-1)43-39-23-9-7-17-35(39)37-21-11-19-33(41(37)43)29-25-27-30(28-26-29)34-20-12-22-38-36-18-8-10-24-40(36)44(42(34)38)32-15-5-2-6-16-32/h1-28H. The SMILES string of the molecule is c1ccc(-n2c3ccccc3c3cccc(-c4ccc(-c5cccc6c7ccccc7n(-c7ccccc7)c56)cc4)c32)cc1. The van der Waals surface area contributed by atoms with Crippen LogP contribution in [0.2, 0.25) is 0 Å². The summed E-state index contributed by atoms with van der Waals surface area (Å²) in [6.45, 7) is 0. The average Bonchev–Trinajstić information content (AvgIpc) is 3.63. The highest BCUT2D eigenvalue weighted by Gasteiger charge is 2.18. The van der Waals surface area contributed by atoms with E-state index in [-0.39, 0.29) is 0 Å². The van der Waals surface area contributed by atoms with Crippen LogP contribution in [0.4, 0.5) is 0 Å². The van der Waals surface area contributed by atoms with E-state index in [0.29, 0.717) is 0 Å². The monoisotopic (exact) mass is 560 g/mol. The minimum Gasteiger partial charge on any atom is -0.309 e. The van der Waals surface area contributed by atoms with Crippen LogP contribution >= 0.6 is 0 Å². The molecule has 2 aromatic heterocycles. The Morgan fingerprint density at radius 2 is 0.636 bits per heavy atom. The molecule has 0 saturated heterocycles. The van der Waals surface area contributed by atoms with Crippen LogP contribution in [0.3, 0.4) is 0 Å². The molecule has 9 rings (SSSR count). The summed E-state index contributed by atoms with van der Waals surface area (Å²) in [5.41, 5.74) is 12.1. The van der Waals surface area contributed by atoms with E-state index in [0.717, 1.165) is 0 Å². The second kappa shape index (κ2) is 9.86. The molecule has 0 saturated carbocycles. The van der Waals surface area contributed by atoms with Gasteiger partial charge in [-0.2, -0.15) is 0 Å². The van der Waals surface area contributed by atoms with Crippen molar-refractivity contribution in [1.29, 1.82) is 0 Å². The van der Waals surface area contributed by atoms with Crippen molar-refractivity contribution in [3.63, 3.8) is 0 Å². The average molecular weight is 561 g/mol. The number of fused-ring (bicyclic) bond motifs is 6. The van der Waals surface area contributed by atoms with Crippen LogP contribution in [0.25, 0.3) is 77.2 Å². The lowest BCUT2D eigenvalue weighted by Gasteiger charge is -2.13. The number of rotatable bonds is 4. The highest BCUT2D eigenvalue weighted by molar-refractivity contribution is 6.15. The maximum atomic E-state index is 2.41. The zero-order chi connectivity index (χ0) is 29.0. The van der Waals surface area contributed by atoms with Gasteiger partial charge in [-0.1, -0.05) is 133 Å². The van der Waals surface area contributed by atoms with Crippen LogP contribution in [0.1, 0.15) is 0 Å². The molecular formula is C42H28N2. The molecule has 206 valence electrons. The first kappa shape index (κ1) is 24.7. The van der Waals surface area contributed by atoms with Gasteiger partial charge in [-0.15, -0.1) is 0 Å². The first-order chi connectivity index (χ1) is 21.9. The molecule has 0 aliphatic rings. The van der Waals surface area contributed by atoms with Crippen molar-refractivity contribution >= 4 is 43.6 Å². The molecule has 0 unspecified atom stereocenters. The van der Waals surface area contributed by atoms with E-state index in [9.17, 15) is 0 Å². The molecule has 44 heavy (non-hydrogen) atoms. The van der Waals surface area contributed by atoms with Crippen molar-refractivity contribution in [2.24, 2.45) is 0 Å². The maximum Gasteiger partial charge on any atom is 0.0619 e. The summed E-state index contributed by atoms with van der Waals surface area (Å²) in [5.74, 6) is 0. The van der Waals surface area contributed by atoms with E-state index in [1.54, 1.807) is 0 Å². The lowest BCUT2D eigenvalue weighted by Crippen LogP contribution is -1.95. The summed E-state index contributed by atoms with van der Waals surface area (Å²) >= 11 is 0. The highest BCUT2D eigenvalue weighted by atomic mass is 15.0. The van der Waals surface area contributed by atoms with E-state index in [2.05, 4.69) is 179 Å². The van der Waals surface area contributed by atoms with Crippen LogP contribution in [-0.2, 0) is 0 Å². The van der Waals surface area contributed by atoms with Gasteiger partial charge in [0, 0.05) is 44.0 Å². The molecule has 2 heterocycles. The molecule has 0 radical (unpaired) electrons. The Kier molecular flexibility index (Phi) is 5.54. The minimum absolute atomic E-state index is 1.17. The van der Waals surface area contributed by atoms with Crippen molar-refractivity contribution in [2.75, 3.05) is 0 Å². The summed E-state index contributed by atoms with van der Waals surface area (Å²) < 4.78 is 4.82. The van der Waals surface area contributed by atoms with E-state index in [4.69, 9.17) is 0 Å². The summed E-state index contributed by atoms with van der Waals surface area (Å²) in [4.78, 5) is 0. The Hall–Kier alpha value is -5.86. The molecule has 9 aromatic rings. The van der Waals surface area contributed by atoms with E-state index in [1.807, 2.05) is 0 Å². The first-order valence-corrected chi connectivity index (χ1v) is 15.1. The molecule has 2 heteroatoms. The van der Waals surface area contributed by atoms with E-state index < -0.39 is 0 Å². The summed E-state index contributed by atoms with van der Waals surface area (Å²) in [6, 6.07) is 61.3. The van der Waals surface area contributed by atoms with Gasteiger partial charge in [-0.3, -0.25) is 0 Å². The van der Waals surface area contributed by atoms with E-state index in [1.165, 1.54) is 77.2 Å². The van der Waals surface area contributed by atoms with Crippen LogP contribution in [-0.4, -0.2) is 9.13 Å². The quantitative estimate of drug-likeness (QED) is 0.203. The van der Waals surface area contributed by atoms with Gasteiger partial charge in [-0.05, 0) is 47.5 Å². The van der Waals surface area contributed by atoms with E-state index >= 15 is 0 Å². The van der Waals surface area contributed by atoms with Crippen LogP contribution in [0, 0.1) is 0 Å². The molecule has 0 aliphatic carbocycles. The number of aromatic nitrogens is 2. The highest BCUT2D eigenvalue weighted by Crippen LogP contribution is 2.41. The largest absolute Gasteiger partial charge is 0.309 e. The Labute approximate surface area is 255 Å². The second-order valence-corrected chi connectivity index (χ2v) is 11.4. The van der Waals surface area contributed by atoms with Gasteiger partial charge in [0.1, 0.15) is 0 Å². The van der Waals surface area contributed by atoms with Gasteiger partial charge in [0.15, 0.2) is 0 Å². The van der Waals surface area contributed by atoms with Gasteiger partial charge >= 0.3 is 0 Å². The lowest BCUT2D eigenvalue weighted by molar-refractivity contribution is 1.18. The van der Waals surface area contributed by atoms with Gasteiger partial charge < -0.3 is 9.13 Å². The van der Waals surface area contributed by atoms with Crippen molar-refractivity contribution in [3.8, 4) is 33.6 Å². The molecular weight excluding hydrogens is 532 g/mol. The fourth-order valence-corrected chi connectivity index (χ4v) is 7.02. The molecule has 0 fully saturated rings. The molecule has 0 spiro atoms. The van der Waals surface area contributed by atoms with Gasteiger partial charge in [-0.25, -0.2) is 0 Å². The normalized spacial score (nSPS) is 11.6. The second-order valence-electron chi connectivity index (χ2n) is 11.4. The summed E-state index contributed by atoms with van der Waals surface area (Å²) in [7, 11) is 0. The lowest BCUT2D eigenvalue weighted by atomic mass is 9.97. The fraction of sp³-hybridized carbons (Fsp3) is 0. The van der Waals surface area contributed by atoms with Gasteiger partial charge in [0.25, 0.3) is 0 Å². The smallest absolute Gasteiger partial charge is 0.0619 e. The zero-order valence-electron chi connectivity index (χ0n) is 24.1. The number of hydrogen-bond acceptors (Lipinski definition) is 0. The number of benzene rings is 7.